The zero-order chi connectivity index (χ0) is 14.0. The van der Waals surface area contributed by atoms with Gasteiger partial charge in [0.05, 0.1) is 11.0 Å². The van der Waals surface area contributed by atoms with Gasteiger partial charge < -0.3 is 5.73 Å². The lowest BCUT2D eigenvalue weighted by Gasteiger charge is -2.13. The van der Waals surface area contributed by atoms with Crippen molar-refractivity contribution >= 4 is 28.3 Å². The molecule has 1 unspecified atom stereocenters. The number of nitrogens with two attached hydrogens (primary N) is 1. The van der Waals surface area contributed by atoms with E-state index in [-0.39, 0.29) is 11.7 Å². The molecule has 0 aliphatic rings. The summed E-state index contributed by atoms with van der Waals surface area (Å²) in [6.07, 6.45) is 0. The normalized spacial score (nSPS) is 12.2. The Labute approximate surface area is 124 Å². The molecule has 98 valence electrons. The quantitative estimate of drug-likeness (QED) is 0.512. The van der Waals surface area contributed by atoms with E-state index < -0.39 is 4.92 Å². The lowest BCUT2D eigenvalue weighted by Crippen LogP contribution is -2.12. The maximum absolute atomic E-state index is 10.9. The first-order valence-electron chi connectivity index (χ1n) is 5.74. The second kappa shape index (κ2) is 5.66. The molecule has 0 aromatic heterocycles. The van der Waals surface area contributed by atoms with Crippen molar-refractivity contribution < 1.29 is 4.92 Å². The fourth-order valence-electron chi connectivity index (χ4n) is 1.97. The predicted molar refractivity (Wildman–Crippen MR) is 83.0 cm³/mol. The summed E-state index contributed by atoms with van der Waals surface area (Å²) in [6, 6.07) is 12.4. The van der Waals surface area contributed by atoms with Crippen LogP contribution in [0.1, 0.15) is 22.7 Å². The number of nitro groups is 1. The molecular formula is C14H13IN2O2. The van der Waals surface area contributed by atoms with Gasteiger partial charge in [-0.05, 0) is 58.3 Å². The van der Waals surface area contributed by atoms with Crippen molar-refractivity contribution in [2.45, 2.75) is 13.0 Å². The van der Waals surface area contributed by atoms with E-state index in [0.29, 0.717) is 0 Å². The lowest BCUT2D eigenvalue weighted by atomic mass is 9.98. The summed E-state index contributed by atoms with van der Waals surface area (Å²) >= 11 is 2.22. The van der Waals surface area contributed by atoms with E-state index in [2.05, 4.69) is 22.6 Å². The Morgan fingerprint density at radius 3 is 2.58 bits per heavy atom. The van der Waals surface area contributed by atoms with Gasteiger partial charge in [0.25, 0.3) is 5.69 Å². The van der Waals surface area contributed by atoms with E-state index in [4.69, 9.17) is 5.73 Å². The third kappa shape index (κ3) is 3.30. The Morgan fingerprint density at radius 1 is 1.21 bits per heavy atom. The molecule has 5 heteroatoms. The first kappa shape index (κ1) is 14.0. The molecule has 0 fully saturated rings. The van der Waals surface area contributed by atoms with E-state index >= 15 is 0 Å². The van der Waals surface area contributed by atoms with Gasteiger partial charge in [0.15, 0.2) is 0 Å². The van der Waals surface area contributed by atoms with Gasteiger partial charge in [-0.25, -0.2) is 0 Å². The fourth-order valence-corrected chi connectivity index (χ4v) is 2.54. The maximum atomic E-state index is 10.9. The second-order valence-electron chi connectivity index (χ2n) is 4.39. The monoisotopic (exact) mass is 368 g/mol. The highest BCUT2D eigenvalue weighted by molar-refractivity contribution is 14.1. The van der Waals surface area contributed by atoms with Crippen molar-refractivity contribution in [1.82, 2.24) is 0 Å². The maximum Gasteiger partial charge on any atom is 0.270 e. The molecule has 0 radical (unpaired) electrons. The molecule has 4 nitrogen and oxygen atoms in total. The number of nitro benzene ring substituents is 1. The number of nitrogens with zero attached hydrogens (tertiary/aromatic N) is 1. The van der Waals surface area contributed by atoms with E-state index in [1.807, 2.05) is 37.3 Å². The van der Waals surface area contributed by atoms with Crippen LogP contribution in [0.4, 0.5) is 5.69 Å². The Kier molecular flexibility index (Phi) is 4.16. The van der Waals surface area contributed by atoms with Crippen LogP contribution in [0, 0.1) is 20.6 Å². The number of benzene rings is 2. The molecule has 19 heavy (non-hydrogen) atoms. The van der Waals surface area contributed by atoms with E-state index in [0.717, 1.165) is 20.3 Å². The topological polar surface area (TPSA) is 69.2 Å². The van der Waals surface area contributed by atoms with Crippen LogP contribution in [0.25, 0.3) is 0 Å². The van der Waals surface area contributed by atoms with Gasteiger partial charge in [-0.1, -0.05) is 18.2 Å². The van der Waals surface area contributed by atoms with Gasteiger partial charge >= 0.3 is 0 Å². The summed E-state index contributed by atoms with van der Waals surface area (Å²) < 4.78 is 1.09. The zero-order valence-corrected chi connectivity index (χ0v) is 12.5. The highest BCUT2D eigenvalue weighted by atomic mass is 127. The van der Waals surface area contributed by atoms with Crippen LogP contribution >= 0.6 is 22.6 Å². The molecule has 2 aromatic carbocycles. The number of halogens is 1. The van der Waals surface area contributed by atoms with Crippen molar-refractivity contribution in [3.63, 3.8) is 0 Å². The third-order valence-corrected chi connectivity index (χ3v) is 3.53. The molecule has 2 rings (SSSR count). The molecule has 0 aliphatic heterocycles. The summed E-state index contributed by atoms with van der Waals surface area (Å²) in [6.45, 7) is 1.83. The summed E-state index contributed by atoms with van der Waals surface area (Å²) in [5.41, 5.74) is 8.82. The highest BCUT2D eigenvalue weighted by Crippen LogP contribution is 2.25. The second-order valence-corrected chi connectivity index (χ2v) is 5.64. The van der Waals surface area contributed by atoms with Crippen molar-refractivity contribution in [3.8, 4) is 0 Å². The average Bonchev–Trinajstić information content (AvgIpc) is 2.37. The summed E-state index contributed by atoms with van der Waals surface area (Å²) in [7, 11) is 0. The molecule has 0 spiro atoms. The number of aryl methyl sites for hydroxylation is 1. The van der Waals surface area contributed by atoms with E-state index in [1.54, 1.807) is 6.07 Å². The van der Waals surface area contributed by atoms with Gasteiger partial charge in [-0.3, -0.25) is 10.1 Å². The van der Waals surface area contributed by atoms with Crippen molar-refractivity contribution in [3.05, 3.63) is 72.8 Å². The van der Waals surface area contributed by atoms with Crippen LogP contribution in [0.5, 0.6) is 0 Å². The van der Waals surface area contributed by atoms with Gasteiger partial charge in [0, 0.05) is 15.7 Å². The summed E-state index contributed by atoms with van der Waals surface area (Å²) in [4.78, 5) is 10.5. The molecule has 0 saturated carbocycles. The minimum absolute atomic E-state index is 0.0797. The standard InChI is InChI=1S/C14H13IN2O2/c1-9-5-11(8-13(6-9)17(18)19)14(16)10-3-2-4-12(15)7-10/h2-8,14H,16H2,1H3. The van der Waals surface area contributed by atoms with Crippen LogP contribution in [0.15, 0.2) is 42.5 Å². The first-order valence-corrected chi connectivity index (χ1v) is 6.82. The highest BCUT2D eigenvalue weighted by Gasteiger charge is 2.14. The van der Waals surface area contributed by atoms with Crippen LogP contribution in [0.3, 0.4) is 0 Å². The Morgan fingerprint density at radius 2 is 1.95 bits per heavy atom. The largest absolute Gasteiger partial charge is 0.320 e. The molecule has 0 aliphatic carbocycles. The lowest BCUT2D eigenvalue weighted by molar-refractivity contribution is -0.385. The molecular weight excluding hydrogens is 355 g/mol. The molecule has 0 bridgehead atoms. The Bertz CT molecular complexity index is 629. The Hall–Kier alpha value is -1.47. The Balaban J connectivity index is 2.43. The van der Waals surface area contributed by atoms with Gasteiger partial charge in [-0.2, -0.15) is 0 Å². The molecule has 0 heterocycles. The van der Waals surface area contributed by atoms with Crippen LogP contribution in [-0.2, 0) is 0 Å². The predicted octanol–water partition coefficient (Wildman–Crippen LogP) is 3.56. The molecule has 2 N–H and O–H groups in total. The van der Waals surface area contributed by atoms with Crippen molar-refractivity contribution in [2.24, 2.45) is 5.73 Å². The molecule has 0 amide bonds. The molecule has 0 saturated heterocycles. The van der Waals surface area contributed by atoms with Crippen LogP contribution in [0.2, 0.25) is 0 Å². The minimum Gasteiger partial charge on any atom is -0.320 e. The van der Waals surface area contributed by atoms with Crippen LogP contribution in [-0.4, -0.2) is 4.92 Å². The zero-order valence-electron chi connectivity index (χ0n) is 10.3. The number of non-ortho nitro benzene ring substituents is 1. The SMILES string of the molecule is Cc1cc(C(N)c2cccc(I)c2)cc([N+](=O)[O-])c1. The van der Waals surface area contributed by atoms with Gasteiger partial charge in [0.1, 0.15) is 0 Å². The average molecular weight is 368 g/mol. The number of hydrogen-bond acceptors (Lipinski definition) is 3. The molecule has 1 atom stereocenters. The third-order valence-electron chi connectivity index (χ3n) is 2.86. The van der Waals surface area contributed by atoms with E-state index in [1.165, 1.54) is 6.07 Å². The summed E-state index contributed by atoms with van der Waals surface area (Å²) in [5.74, 6) is 0. The van der Waals surface area contributed by atoms with Crippen LogP contribution < -0.4 is 5.73 Å². The molecule has 2 aromatic rings. The fraction of sp³-hybridized carbons (Fsp3) is 0.143. The van der Waals surface area contributed by atoms with Gasteiger partial charge in [0.2, 0.25) is 0 Å². The van der Waals surface area contributed by atoms with E-state index in [9.17, 15) is 10.1 Å². The first-order chi connectivity index (χ1) is 8.97. The smallest absolute Gasteiger partial charge is 0.270 e. The number of rotatable bonds is 3. The van der Waals surface area contributed by atoms with Gasteiger partial charge in [-0.15, -0.1) is 0 Å². The van der Waals surface area contributed by atoms with Crippen molar-refractivity contribution in [2.75, 3.05) is 0 Å². The minimum atomic E-state index is -0.391. The number of hydrogen-bond donors (Lipinski definition) is 1. The summed E-state index contributed by atoms with van der Waals surface area (Å²) in [5, 5.41) is 10.9. The van der Waals surface area contributed by atoms with Crippen molar-refractivity contribution in [1.29, 1.82) is 0 Å².